The summed E-state index contributed by atoms with van der Waals surface area (Å²) in [5.74, 6) is -0.267. The average Bonchev–Trinajstić information content (AvgIpc) is 2.72. The van der Waals surface area contributed by atoms with Crippen molar-refractivity contribution in [2.75, 3.05) is 32.8 Å². The number of nitrogens with one attached hydrogen (secondary N) is 1. The summed E-state index contributed by atoms with van der Waals surface area (Å²) in [6.07, 6.45) is -0.870. The molecular formula is C22H30N4O5. The Balaban J connectivity index is 2.11. The number of nitriles is 1. The minimum absolute atomic E-state index is 0.214. The molecule has 0 spiro atoms. The molecule has 1 saturated heterocycles. The molecule has 3 amide bonds. The van der Waals surface area contributed by atoms with Crippen LogP contribution >= 0.6 is 0 Å². The molecule has 0 aromatic heterocycles. The number of rotatable bonds is 5. The summed E-state index contributed by atoms with van der Waals surface area (Å²) in [7, 11) is 0. The van der Waals surface area contributed by atoms with Crippen molar-refractivity contribution in [1.29, 1.82) is 5.26 Å². The Morgan fingerprint density at radius 1 is 1.16 bits per heavy atom. The van der Waals surface area contributed by atoms with Crippen molar-refractivity contribution in [1.82, 2.24) is 15.1 Å². The summed E-state index contributed by atoms with van der Waals surface area (Å²) in [4.78, 5) is 40.6. The molecule has 0 aliphatic carbocycles. The number of benzene rings is 1. The summed E-state index contributed by atoms with van der Waals surface area (Å²) in [5, 5.41) is 11.8. The van der Waals surface area contributed by atoms with Gasteiger partial charge in [0, 0.05) is 32.6 Å². The van der Waals surface area contributed by atoms with Crippen LogP contribution in [0.2, 0.25) is 0 Å². The molecule has 2 rings (SSSR count). The molecule has 1 atom stereocenters. The van der Waals surface area contributed by atoms with Gasteiger partial charge in [0.15, 0.2) is 0 Å². The van der Waals surface area contributed by atoms with Gasteiger partial charge < -0.3 is 24.6 Å². The largest absolute Gasteiger partial charge is 0.450 e. The monoisotopic (exact) mass is 430 g/mol. The zero-order valence-corrected chi connectivity index (χ0v) is 18.5. The Morgan fingerprint density at radius 3 is 2.39 bits per heavy atom. The molecule has 1 N–H and O–H groups in total. The summed E-state index contributed by atoms with van der Waals surface area (Å²) >= 11 is 0. The topological polar surface area (TPSA) is 112 Å². The number of carbonyl (C=O) groups is 3. The van der Waals surface area contributed by atoms with Gasteiger partial charge in [0.2, 0.25) is 5.91 Å². The number of ether oxygens (including phenoxy) is 2. The summed E-state index contributed by atoms with van der Waals surface area (Å²) in [6.45, 7) is 8.65. The molecule has 9 heteroatoms. The zero-order valence-electron chi connectivity index (χ0n) is 18.5. The van der Waals surface area contributed by atoms with Crippen LogP contribution in [0.1, 0.15) is 38.8 Å². The fourth-order valence-electron chi connectivity index (χ4n) is 3.20. The van der Waals surface area contributed by atoms with Crippen molar-refractivity contribution in [3.05, 3.63) is 35.4 Å². The first kappa shape index (κ1) is 24.0. The van der Waals surface area contributed by atoms with Crippen LogP contribution < -0.4 is 5.32 Å². The molecule has 0 saturated carbocycles. The number of hydrogen-bond donors (Lipinski definition) is 1. The van der Waals surface area contributed by atoms with Crippen molar-refractivity contribution in [3.63, 3.8) is 0 Å². The van der Waals surface area contributed by atoms with Gasteiger partial charge in [0.25, 0.3) is 0 Å². The molecule has 1 aliphatic rings. The Morgan fingerprint density at radius 2 is 1.81 bits per heavy atom. The van der Waals surface area contributed by atoms with E-state index in [1.54, 1.807) is 61.8 Å². The van der Waals surface area contributed by atoms with Gasteiger partial charge in [-0.2, -0.15) is 5.26 Å². The molecule has 0 radical (unpaired) electrons. The fraction of sp³-hybridized carbons (Fsp3) is 0.545. The minimum Gasteiger partial charge on any atom is -0.450 e. The molecular weight excluding hydrogens is 400 g/mol. The third kappa shape index (κ3) is 7.48. The van der Waals surface area contributed by atoms with Gasteiger partial charge >= 0.3 is 12.2 Å². The van der Waals surface area contributed by atoms with Crippen LogP contribution in [-0.4, -0.2) is 72.3 Å². The SMILES string of the molecule is CCOC(=O)N1CCN(C(=O)[C@H](Cc2cccc(C#N)c2)NC(=O)OC(C)(C)C)CC1. The maximum Gasteiger partial charge on any atom is 0.409 e. The summed E-state index contributed by atoms with van der Waals surface area (Å²) in [5.41, 5.74) is 0.520. The predicted molar refractivity (Wildman–Crippen MR) is 113 cm³/mol. The van der Waals surface area contributed by atoms with Gasteiger partial charge in [-0.25, -0.2) is 9.59 Å². The first-order valence-corrected chi connectivity index (χ1v) is 10.3. The van der Waals surface area contributed by atoms with E-state index in [0.29, 0.717) is 38.3 Å². The molecule has 1 heterocycles. The van der Waals surface area contributed by atoms with Crippen LogP contribution in [0, 0.1) is 11.3 Å². The van der Waals surface area contributed by atoms with Gasteiger partial charge in [-0.1, -0.05) is 12.1 Å². The second-order valence-electron chi connectivity index (χ2n) is 8.23. The standard InChI is InChI=1S/C22H30N4O5/c1-5-30-21(29)26-11-9-25(10-12-26)19(27)18(24-20(28)31-22(2,3)4)14-16-7-6-8-17(13-16)15-23/h6-8,13,18H,5,9-12,14H2,1-4H3,(H,24,28)/t18-/m0/s1. The van der Waals surface area contributed by atoms with Crippen molar-refractivity contribution in [2.24, 2.45) is 0 Å². The lowest BCUT2D eigenvalue weighted by Crippen LogP contribution is -2.56. The molecule has 0 bridgehead atoms. The summed E-state index contributed by atoms with van der Waals surface area (Å²) < 4.78 is 10.3. The number of carbonyl (C=O) groups excluding carboxylic acids is 3. The first-order valence-electron chi connectivity index (χ1n) is 10.3. The van der Waals surface area contributed by atoms with Crippen LogP contribution in [-0.2, 0) is 20.7 Å². The van der Waals surface area contributed by atoms with Gasteiger partial charge in [0.05, 0.1) is 18.2 Å². The second kappa shape index (κ2) is 10.7. The molecule has 9 nitrogen and oxygen atoms in total. The maximum absolute atomic E-state index is 13.2. The molecule has 1 aliphatic heterocycles. The van der Waals surface area contributed by atoms with Crippen molar-refractivity contribution >= 4 is 18.1 Å². The lowest BCUT2D eigenvalue weighted by molar-refractivity contribution is -0.135. The maximum atomic E-state index is 13.2. The highest BCUT2D eigenvalue weighted by Gasteiger charge is 2.31. The van der Waals surface area contributed by atoms with E-state index in [-0.39, 0.29) is 12.3 Å². The molecule has 1 aromatic rings. The predicted octanol–water partition coefficient (Wildman–Crippen LogP) is 2.29. The third-order valence-corrected chi connectivity index (χ3v) is 4.60. The Hall–Kier alpha value is -3.28. The highest BCUT2D eigenvalue weighted by atomic mass is 16.6. The van der Waals surface area contributed by atoms with Crippen LogP contribution in [0.25, 0.3) is 0 Å². The van der Waals surface area contributed by atoms with E-state index in [9.17, 15) is 14.4 Å². The van der Waals surface area contributed by atoms with Gasteiger partial charge in [0.1, 0.15) is 11.6 Å². The number of piperazine rings is 1. The van der Waals surface area contributed by atoms with Crippen molar-refractivity contribution in [3.8, 4) is 6.07 Å². The Bertz CT molecular complexity index is 835. The Labute approximate surface area is 182 Å². The molecule has 31 heavy (non-hydrogen) atoms. The van der Waals surface area contributed by atoms with E-state index in [1.807, 2.05) is 0 Å². The van der Waals surface area contributed by atoms with Gasteiger partial charge in [-0.15, -0.1) is 0 Å². The van der Waals surface area contributed by atoms with Crippen LogP contribution in [0.3, 0.4) is 0 Å². The van der Waals surface area contributed by atoms with E-state index in [2.05, 4.69) is 11.4 Å². The molecule has 1 fully saturated rings. The van der Waals surface area contributed by atoms with Gasteiger partial charge in [-0.05, 0) is 45.4 Å². The third-order valence-electron chi connectivity index (χ3n) is 4.60. The van der Waals surface area contributed by atoms with Crippen LogP contribution in [0.5, 0.6) is 0 Å². The molecule has 0 unspecified atom stereocenters. The molecule has 1 aromatic carbocycles. The lowest BCUT2D eigenvalue weighted by atomic mass is 10.0. The highest BCUT2D eigenvalue weighted by molar-refractivity contribution is 5.86. The number of hydrogen-bond acceptors (Lipinski definition) is 6. The number of alkyl carbamates (subject to hydrolysis) is 1. The minimum atomic E-state index is -0.863. The normalized spacial score (nSPS) is 14.9. The fourth-order valence-corrected chi connectivity index (χ4v) is 3.20. The quantitative estimate of drug-likeness (QED) is 0.767. The van der Waals surface area contributed by atoms with Crippen molar-refractivity contribution in [2.45, 2.75) is 45.8 Å². The Kier molecular flexibility index (Phi) is 8.25. The number of amides is 3. The highest BCUT2D eigenvalue weighted by Crippen LogP contribution is 2.13. The van der Waals surface area contributed by atoms with E-state index in [1.165, 1.54) is 0 Å². The molecule has 168 valence electrons. The summed E-state index contributed by atoms with van der Waals surface area (Å²) in [6, 6.07) is 8.12. The first-order chi connectivity index (χ1) is 14.6. The van der Waals surface area contributed by atoms with E-state index < -0.39 is 23.8 Å². The van der Waals surface area contributed by atoms with Crippen LogP contribution in [0.15, 0.2) is 24.3 Å². The van der Waals surface area contributed by atoms with E-state index >= 15 is 0 Å². The van der Waals surface area contributed by atoms with Gasteiger partial charge in [-0.3, -0.25) is 4.79 Å². The zero-order chi connectivity index (χ0) is 23.0. The van der Waals surface area contributed by atoms with E-state index in [4.69, 9.17) is 14.7 Å². The van der Waals surface area contributed by atoms with Crippen LogP contribution in [0.4, 0.5) is 9.59 Å². The smallest absolute Gasteiger partial charge is 0.409 e. The van der Waals surface area contributed by atoms with Crippen molar-refractivity contribution < 1.29 is 23.9 Å². The lowest BCUT2D eigenvalue weighted by Gasteiger charge is -2.36. The number of nitrogens with zero attached hydrogens (tertiary/aromatic N) is 3. The second-order valence-corrected chi connectivity index (χ2v) is 8.23. The average molecular weight is 431 g/mol. The van der Waals surface area contributed by atoms with E-state index in [0.717, 1.165) is 5.56 Å².